The molecule has 3 heterocycles. The number of pyridine rings is 2. The number of esters is 1. The minimum absolute atomic E-state index is 0.254. The Kier molecular flexibility index (Phi) is 3.89. The largest absolute Gasteiger partial charge is 0.463 e. The SMILES string of the molecule is CCOC(=O)CO/N=c1/c2nccc3c(Cl)ccc(c32)n2cccc12. The topological polar surface area (TPSA) is 65.2 Å². The summed E-state index contributed by atoms with van der Waals surface area (Å²) in [5.41, 5.74) is 2.48. The first-order chi connectivity index (χ1) is 12.2. The summed E-state index contributed by atoms with van der Waals surface area (Å²) in [6, 6.07) is 9.53. The fraction of sp³-hybridized carbons (Fsp3) is 0.167. The third-order valence-corrected chi connectivity index (χ3v) is 4.30. The summed E-state index contributed by atoms with van der Waals surface area (Å²) < 4.78 is 6.84. The number of carbonyl (C=O) groups excluding carboxylic acids is 1. The molecule has 6 nitrogen and oxygen atoms in total. The van der Waals surface area contributed by atoms with Crippen LogP contribution in [0.5, 0.6) is 0 Å². The van der Waals surface area contributed by atoms with Crippen molar-refractivity contribution in [2.45, 2.75) is 6.92 Å². The fourth-order valence-electron chi connectivity index (χ4n) is 2.97. The number of aromatic nitrogens is 2. The summed E-state index contributed by atoms with van der Waals surface area (Å²) in [4.78, 5) is 21.1. The lowest BCUT2D eigenvalue weighted by molar-refractivity contribution is -0.148. The van der Waals surface area contributed by atoms with Gasteiger partial charge in [-0.1, -0.05) is 16.8 Å². The summed E-state index contributed by atoms with van der Waals surface area (Å²) in [6.07, 6.45) is 3.63. The average molecular weight is 356 g/mol. The summed E-state index contributed by atoms with van der Waals surface area (Å²) in [5, 5.41) is 7.15. The van der Waals surface area contributed by atoms with Crippen molar-refractivity contribution in [3.63, 3.8) is 0 Å². The number of halogens is 1. The maximum atomic E-state index is 11.5. The minimum atomic E-state index is -0.465. The van der Waals surface area contributed by atoms with Crippen molar-refractivity contribution in [3.05, 3.63) is 53.1 Å². The first-order valence-electron chi connectivity index (χ1n) is 7.82. The van der Waals surface area contributed by atoms with E-state index in [4.69, 9.17) is 21.2 Å². The van der Waals surface area contributed by atoms with Crippen LogP contribution in [0.25, 0.3) is 27.3 Å². The van der Waals surface area contributed by atoms with Gasteiger partial charge in [-0.3, -0.25) is 4.98 Å². The average Bonchev–Trinajstić information content (AvgIpc) is 3.09. The van der Waals surface area contributed by atoms with E-state index in [1.165, 1.54) is 0 Å². The Hall–Kier alpha value is -2.86. The van der Waals surface area contributed by atoms with E-state index < -0.39 is 5.97 Å². The predicted molar refractivity (Wildman–Crippen MR) is 94.5 cm³/mol. The molecule has 3 aromatic heterocycles. The lowest BCUT2D eigenvalue weighted by atomic mass is 10.1. The molecule has 0 N–H and O–H groups in total. The Morgan fingerprint density at radius 3 is 3.00 bits per heavy atom. The third kappa shape index (κ3) is 2.55. The van der Waals surface area contributed by atoms with Crippen LogP contribution in [0, 0.1) is 0 Å². The second-order valence-corrected chi connectivity index (χ2v) is 5.84. The zero-order valence-corrected chi connectivity index (χ0v) is 14.2. The Labute approximate surface area is 147 Å². The molecule has 0 bridgehead atoms. The molecule has 0 aliphatic rings. The number of nitrogens with zero attached hydrogens (tertiary/aromatic N) is 3. The minimum Gasteiger partial charge on any atom is -0.463 e. The number of carbonyl (C=O) groups is 1. The van der Waals surface area contributed by atoms with Crippen LogP contribution in [0.4, 0.5) is 0 Å². The van der Waals surface area contributed by atoms with E-state index in [9.17, 15) is 4.79 Å². The van der Waals surface area contributed by atoms with E-state index in [1.807, 2.05) is 40.9 Å². The molecule has 4 rings (SSSR count). The number of benzene rings is 1. The van der Waals surface area contributed by atoms with Crippen LogP contribution >= 0.6 is 11.6 Å². The number of hydrogen-bond acceptors (Lipinski definition) is 5. The molecule has 0 saturated heterocycles. The second kappa shape index (κ2) is 6.22. The number of rotatable bonds is 4. The van der Waals surface area contributed by atoms with Gasteiger partial charge in [-0.25, -0.2) is 4.79 Å². The fourth-order valence-corrected chi connectivity index (χ4v) is 3.19. The van der Waals surface area contributed by atoms with Gasteiger partial charge in [-0.15, -0.1) is 0 Å². The molecule has 1 aromatic carbocycles. The van der Waals surface area contributed by atoms with Crippen LogP contribution in [0.2, 0.25) is 5.02 Å². The molecule has 25 heavy (non-hydrogen) atoms. The van der Waals surface area contributed by atoms with Gasteiger partial charge in [0.2, 0.25) is 6.61 Å². The Bertz CT molecular complexity index is 1150. The molecule has 4 aromatic rings. The number of ether oxygens (including phenoxy) is 1. The zero-order chi connectivity index (χ0) is 17.4. The van der Waals surface area contributed by atoms with Gasteiger partial charge in [-0.2, -0.15) is 0 Å². The lowest BCUT2D eigenvalue weighted by Gasteiger charge is -2.10. The summed E-state index contributed by atoms with van der Waals surface area (Å²) >= 11 is 6.34. The van der Waals surface area contributed by atoms with Crippen molar-refractivity contribution in [1.29, 1.82) is 0 Å². The van der Waals surface area contributed by atoms with Crippen molar-refractivity contribution in [2.24, 2.45) is 5.16 Å². The van der Waals surface area contributed by atoms with Crippen LogP contribution < -0.4 is 5.36 Å². The van der Waals surface area contributed by atoms with Crippen LogP contribution in [0.3, 0.4) is 0 Å². The summed E-state index contributed by atoms with van der Waals surface area (Å²) in [6.45, 7) is 1.79. The van der Waals surface area contributed by atoms with Crippen LogP contribution in [0.15, 0.2) is 47.9 Å². The molecular formula is C18H14ClN3O3. The van der Waals surface area contributed by atoms with E-state index in [2.05, 4.69) is 10.1 Å². The lowest BCUT2D eigenvalue weighted by Crippen LogP contribution is -2.15. The summed E-state index contributed by atoms with van der Waals surface area (Å²) in [7, 11) is 0. The third-order valence-electron chi connectivity index (χ3n) is 3.97. The van der Waals surface area contributed by atoms with Gasteiger partial charge >= 0.3 is 5.97 Å². The standard InChI is InChI=1S/C18H14ClN3O3/c1-2-24-15(23)10-25-21-17-14-4-3-9-22(14)13-6-5-12(19)11-7-8-20-18(17)16(11)13/h3-9H,2,10H2,1H3/b21-17+. The van der Waals surface area contributed by atoms with E-state index in [0.29, 0.717) is 22.5 Å². The van der Waals surface area contributed by atoms with Crippen LogP contribution in [0.1, 0.15) is 6.92 Å². The molecule has 0 atom stereocenters. The van der Waals surface area contributed by atoms with Crippen molar-refractivity contribution >= 4 is 44.9 Å². The van der Waals surface area contributed by atoms with Crippen molar-refractivity contribution in [3.8, 4) is 0 Å². The first-order valence-corrected chi connectivity index (χ1v) is 8.19. The van der Waals surface area contributed by atoms with Crippen molar-refractivity contribution < 1.29 is 14.4 Å². The number of hydrogen-bond donors (Lipinski definition) is 0. The molecule has 0 aliphatic heterocycles. The van der Waals surface area contributed by atoms with Gasteiger partial charge in [0.15, 0.2) is 5.36 Å². The van der Waals surface area contributed by atoms with Gasteiger partial charge in [0, 0.05) is 28.2 Å². The highest BCUT2D eigenvalue weighted by Gasteiger charge is 2.13. The molecule has 0 radical (unpaired) electrons. The van der Waals surface area contributed by atoms with Crippen molar-refractivity contribution in [1.82, 2.24) is 9.38 Å². The quantitative estimate of drug-likeness (QED) is 0.417. The predicted octanol–water partition coefficient (Wildman–Crippen LogP) is 3.13. The number of fused-ring (bicyclic) bond motifs is 2. The molecule has 126 valence electrons. The smallest absolute Gasteiger partial charge is 0.347 e. The van der Waals surface area contributed by atoms with Crippen LogP contribution in [-0.2, 0) is 14.4 Å². The Morgan fingerprint density at radius 2 is 2.16 bits per heavy atom. The highest BCUT2D eigenvalue weighted by Crippen LogP contribution is 2.30. The van der Waals surface area contributed by atoms with Gasteiger partial charge in [-0.05, 0) is 37.3 Å². The molecule has 0 fully saturated rings. The van der Waals surface area contributed by atoms with Gasteiger partial charge in [0.1, 0.15) is 5.52 Å². The monoisotopic (exact) mass is 355 g/mol. The van der Waals surface area contributed by atoms with Gasteiger partial charge < -0.3 is 14.0 Å². The van der Waals surface area contributed by atoms with E-state index in [1.54, 1.807) is 13.1 Å². The highest BCUT2D eigenvalue weighted by molar-refractivity contribution is 6.37. The van der Waals surface area contributed by atoms with Gasteiger partial charge in [0.25, 0.3) is 0 Å². The maximum Gasteiger partial charge on any atom is 0.347 e. The van der Waals surface area contributed by atoms with Crippen LogP contribution in [-0.4, -0.2) is 28.6 Å². The van der Waals surface area contributed by atoms with E-state index in [-0.39, 0.29) is 6.61 Å². The molecular weight excluding hydrogens is 342 g/mol. The normalized spacial score (nSPS) is 12.3. The molecule has 0 aliphatic carbocycles. The molecule has 0 amide bonds. The van der Waals surface area contributed by atoms with E-state index in [0.717, 1.165) is 21.8 Å². The maximum absolute atomic E-state index is 11.5. The first kappa shape index (κ1) is 15.7. The highest BCUT2D eigenvalue weighted by atomic mass is 35.5. The Balaban J connectivity index is 1.98. The molecule has 0 unspecified atom stereocenters. The Morgan fingerprint density at radius 1 is 1.28 bits per heavy atom. The zero-order valence-electron chi connectivity index (χ0n) is 13.4. The summed E-state index contributed by atoms with van der Waals surface area (Å²) in [5.74, 6) is -0.465. The molecule has 0 spiro atoms. The molecule has 0 saturated carbocycles. The second-order valence-electron chi connectivity index (χ2n) is 5.43. The van der Waals surface area contributed by atoms with Crippen molar-refractivity contribution in [2.75, 3.05) is 13.2 Å². The molecule has 7 heteroatoms. The van der Waals surface area contributed by atoms with Gasteiger partial charge in [0.05, 0.1) is 17.6 Å². The van der Waals surface area contributed by atoms with E-state index >= 15 is 0 Å².